The van der Waals surface area contributed by atoms with Crippen LogP contribution in [0.15, 0.2) is 36.4 Å². The molecule has 7 heteroatoms. The third-order valence-electron chi connectivity index (χ3n) is 2.56. The number of nitro groups is 1. The second-order valence-corrected chi connectivity index (χ2v) is 4.27. The average Bonchev–Trinajstić information content (AvgIpc) is 2.41. The molecule has 0 aliphatic carbocycles. The SMILES string of the molecule is O=[N+]([O-])c1cccc(F)c1Oc1ccc(CO)c(Cl)c1. The molecule has 0 atom stereocenters. The van der Waals surface area contributed by atoms with Crippen LogP contribution in [-0.4, -0.2) is 10.0 Å². The Hall–Kier alpha value is -2.18. The maximum absolute atomic E-state index is 13.6. The van der Waals surface area contributed by atoms with Gasteiger partial charge in [-0.2, -0.15) is 0 Å². The van der Waals surface area contributed by atoms with Gasteiger partial charge in [0, 0.05) is 11.1 Å². The maximum atomic E-state index is 13.6. The zero-order valence-electron chi connectivity index (χ0n) is 10.0. The lowest BCUT2D eigenvalue weighted by Crippen LogP contribution is -1.96. The molecular weight excluding hydrogens is 289 g/mol. The van der Waals surface area contributed by atoms with Gasteiger partial charge >= 0.3 is 5.69 Å². The molecule has 0 bridgehead atoms. The third-order valence-corrected chi connectivity index (χ3v) is 2.91. The van der Waals surface area contributed by atoms with Crippen LogP contribution in [0.3, 0.4) is 0 Å². The molecule has 0 saturated heterocycles. The van der Waals surface area contributed by atoms with Crippen molar-refractivity contribution in [2.45, 2.75) is 6.61 Å². The Bertz CT molecular complexity index is 663. The molecule has 0 heterocycles. The van der Waals surface area contributed by atoms with E-state index in [0.717, 1.165) is 12.1 Å². The minimum Gasteiger partial charge on any atom is -0.447 e. The van der Waals surface area contributed by atoms with Crippen LogP contribution in [0.4, 0.5) is 10.1 Å². The fraction of sp³-hybridized carbons (Fsp3) is 0.0769. The predicted octanol–water partition coefficient (Wildman–Crippen LogP) is 3.67. The first-order chi connectivity index (χ1) is 9.52. The number of rotatable bonds is 4. The van der Waals surface area contributed by atoms with E-state index in [2.05, 4.69) is 0 Å². The highest BCUT2D eigenvalue weighted by Crippen LogP contribution is 2.35. The number of halogens is 2. The summed E-state index contributed by atoms with van der Waals surface area (Å²) in [6.07, 6.45) is 0. The van der Waals surface area contributed by atoms with E-state index < -0.39 is 22.2 Å². The molecule has 0 aromatic heterocycles. The van der Waals surface area contributed by atoms with E-state index in [-0.39, 0.29) is 17.4 Å². The van der Waals surface area contributed by atoms with Crippen molar-refractivity contribution in [1.82, 2.24) is 0 Å². The topological polar surface area (TPSA) is 72.6 Å². The lowest BCUT2D eigenvalue weighted by atomic mass is 10.2. The van der Waals surface area contributed by atoms with Crippen molar-refractivity contribution in [3.63, 3.8) is 0 Å². The number of aliphatic hydroxyl groups excluding tert-OH is 1. The van der Waals surface area contributed by atoms with Crippen LogP contribution in [0.1, 0.15) is 5.56 Å². The molecule has 104 valence electrons. The first-order valence-corrected chi connectivity index (χ1v) is 5.90. The number of hydrogen-bond donors (Lipinski definition) is 1. The van der Waals surface area contributed by atoms with Gasteiger partial charge in [0.15, 0.2) is 5.82 Å². The molecule has 20 heavy (non-hydrogen) atoms. The van der Waals surface area contributed by atoms with E-state index in [1.165, 1.54) is 24.3 Å². The van der Waals surface area contributed by atoms with Crippen LogP contribution in [0.25, 0.3) is 0 Å². The van der Waals surface area contributed by atoms with Gasteiger partial charge in [0.05, 0.1) is 11.5 Å². The van der Waals surface area contributed by atoms with E-state index >= 15 is 0 Å². The van der Waals surface area contributed by atoms with Gasteiger partial charge in [-0.05, 0) is 23.8 Å². The monoisotopic (exact) mass is 297 g/mol. The second kappa shape index (κ2) is 5.85. The maximum Gasteiger partial charge on any atom is 0.314 e. The summed E-state index contributed by atoms with van der Waals surface area (Å²) in [6, 6.07) is 7.71. The molecule has 1 N–H and O–H groups in total. The molecule has 2 aromatic carbocycles. The van der Waals surface area contributed by atoms with Crippen molar-refractivity contribution in [3.05, 3.63) is 62.9 Å². The van der Waals surface area contributed by atoms with Crippen molar-refractivity contribution in [2.24, 2.45) is 0 Å². The molecule has 5 nitrogen and oxygen atoms in total. The highest BCUT2D eigenvalue weighted by atomic mass is 35.5. The molecule has 0 fully saturated rings. The number of ether oxygens (including phenoxy) is 1. The number of hydrogen-bond acceptors (Lipinski definition) is 4. The summed E-state index contributed by atoms with van der Waals surface area (Å²) in [6.45, 7) is -0.251. The summed E-state index contributed by atoms with van der Waals surface area (Å²) >= 11 is 5.87. The number of aliphatic hydroxyl groups is 1. The third kappa shape index (κ3) is 2.87. The first-order valence-electron chi connectivity index (χ1n) is 5.53. The lowest BCUT2D eigenvalue weighted by Gasteiger charge is -2.08. The fourth-order valence-corrected chi connectivity index (χ4v) is 1.81. The fourth-order valence-electron chi connectivity index (χ4n) is 1.58. The Morgan fingerprint density at radius 3 is 2.70 bits per heavy atom. The van der Waals surface area contributed by atoms with Crippen LogP contribution >= 0.6 is 11.6 Å². The highest BCUT2D eigenvalue weighted by Gasteiger charge is 2.20. The van der Waals surface area contributed by atoms with Gasteiger partial charge in [0.2, 0.25) is 5.75 Å². The van der Waals surface area contributed by atoms with Gasteiger partial charge in [0.25, 0.3) is 0 Å². The second-order valence-electron chi connectivity index (χ2n) is 3.86. The number of nitro benzene ring substituents is 1. The molecule has 0 spiro atoms. The molecule has 0 radical (unpaired) electrons. The predicted molar refractivity (Wildman–Crippen MR) is 70.5 cm³/mol. The summed E-state index contributed by atoms with van der Waals surface area (Å²) in [7, 11) is 0. The highest BCUT2D eigenvalue weighted by molar-refractivity contribution is 6.31. The molecule has 0 amide bonds. The number of nitrogens with zero attached hydrogens (tertiary/aromatic N) is 1. The largest absolute Gasteiger partial charge is 0.447 e. The lowest BCUT2D eigenvalue weighted by molar-refractivity contribution is -0.385. The van der Waals surface area contributed by atoms with Gasteiger partial charge in [-0.1, -0.05) is 23.7 Å². The molecule has 0 aliphatic rings. The average molecular weight is 298 g/mol. The smallest absolute Gasteiger partial charge is 0.314 e. The van der Waals surface area contributed by atoms with Crippen molar-refractivity contribution < 1.29 is 19.2 Å². The van der Waals surface area contributed by atoms with E-state index in [1.807, 2.05) is 0 Å². The standard InChI is InChI=1S/C13H9ClFNO4/c14-10-6-9(5-4-8(10)7-17)20-13-11(15)2-1-3-12(13)16(18)19/h1-6,17H,7H2. The van der Waals surface area contributed by atoms with Crippen molar-refractivity contribution in [3.8, 4) is 11.5 Å². The van der Waals surface area contributed by atoms with Gasteiger partial charge in [0.1, 0.15) is 5.75 Å². The van der Waals surface area contributed by atoms with Gasteiger partial charge in [-0.15, -0.1) is 0 Å². The summed E-state index contributed by atoms with van der Waals surface area (Å²) in [5.41, 5.74) is -0.00518. The normalized spacial score (nSPS) is 10.3. The number of benzene rings is 2. The van der Waals surface area contributed by atoms with Gasteiger partial charge < -0.3 is 9.84 Å². The molecule has 0 saturated carbocycles. The van der Waals surface area contributed by atoms with Crippen molar-refractivity contribution >= 4 is 17.3 Å². The van der Waals surface area contributed by atoms with Crippen LogP contribution in [-0.2, 0) is 6.61 Å². The van der Waals surface area contributed by atoms with Gasteiger partial charge in [-0.3, -0.25) is 10.1 Å². The van der Waals surface area contributed by atoms with Crippen molar-refractivity contribution in [1.29, 1.82) is 0 Å². The van der Waals surface area contributed by atoms with Crippen LogP contribution in [0.5, 0.6) is 11.5 Å². The minimum atomic E-state index is -0.846. The first kappa shape index (κ1) is 14.2. The Morgan fingerprint density at radius 1 is 1.35 bits per heavy atom. The van der Waals surface area contributed by atoms with Crippen molar-refractivity contribution in [2.75, 3.05) is 0 Å². The summed E-state index contributed by atoms with van der Waals surface area (Å²) in [5, 5.41) is 20.0. The Balaban J connectivity index is 2.39. The zero-order valence-corrected chi connectivity index (χ0v) is 10.8. The summed E-state index contributed by atoms with van der Waals surface area (Å²) in [5.74, 6) is -1.19. The minimum absolute atomic E-state index is 0.139. The van der Waals surface area contributed by atoms with E-state index in [1.54, 1.807) is 0 Å². The number of para-hydroxylation sites is 1. The Morgan fingerprint density at radius 2 is 2.10 bits per heavy atom. The quantitative estimate of drug-likeness (QED) is 0.690. The Kier molecular flexibility index (Phi) is 4.16. The van der Waals surface area contributed by atoms with Crippen LogP contribution in [0, 0.1) is 15.9 Å². The molecule has 0 unspecified atom stereocenters. The van der Waals surface area contributed by atoms with Gasteiger partial charge in [-0.25, -0.2) is 4.39 Å². The van der Waals surface area contributed by atoms with Crippen LogP contribution in [0.2, 0.25) is 5.02 Å². The van der Waals surface area contributed by atoms with E-state index in [9.17, 15) is 14.5 Å². The Labute approximate surface area is 118 Å². The molecule has 2 rings (SSSR count). The molecular formula is C13H9ClFNO4. The van der Waals surface area contributed by atoms with E-state index in [0.29, 0.717) is 5.56 Å². The van der Waals surface area contributed by atoms with E-state index in [4.69, 9.17) is 21.4 Å². The molecule has 0 aliphatic heterocycles. The van der Waals surface area contributed by atoms with Crippen LogP contribution < -0.4 is 4.74 Å². The zero-order chi connectivity index (χ0) is 14.7. The summed E-state index contributed by atoms with van der Waals surface area (Å²) < 4.78 is 18.8. The summed E-state index contributed by atoms with van der Waals surface area (Å²) in [4.78, 5) is 10.1. The molecule has 2 aromatic rings.